The number of aromatic amines is 1. The molecule has 0 radical (unpaired) electrons. The molecule has 122 valence electrons. The summed E-state index contributed by atoms with van der Waals surface area (Å²) in [7, 11) is 0. The van der Waals surface area contributed by atoms with E-state index in [0.29, 0.717) is 12.4 Å². The third kappa shape index (κ3) is 2.44. The Hall–Kier alpha value is -2.76. The van der Waals surface area contributed by atoms with Crippen LogP contribution in [0.25, 0.3) is 11.0 Å². The van der Waals surface area contributed by atoms with Crippen molar-refractivity contribution in [3.63, 3.8) is 0 Å². The summed E-state index contributed by atoms with van der Waals surface area (Å²) in [6, 6.07) is 10.3. The molecule has 1 amide bonds. The van der Waals surface area contributed by atoms with Gasteiger partial charge in [0.05, 0.1) is 22.6 Å². The van der Waals surface area contributed by atoms with Gasteiger partial charge in [-0.2, -0.15) is 0 Å². The molecule has 1 saturated heterocycles. The molecule has 1 aromatic heterocycles. The lowest BCUT2D eigenvalue weighted by Gasteiger charge is -2.23. The van der Waals surface area contributed by atoms with Crippen molar-refractivity contribution in [3.05, 3.63) is 65.5 Å². The first-order valence-corrected chi connectivity index (χ1v) is 7.84. The third-order valence-electron chi connectivity index (χ3n) is 4.40. The molecule has 2 aromatic carbocycles. The number of para-hydroxylation sites is 2. The number of H-pyrrole nitrogens is 1. The quantitative estimate of drug-likeness (QED) is 0.778. The van der Waals surface area contributed by atoms with Crippen molar-refractivity contribution < 1.29 is 13.6 Å². The van der Waals surface area contributed by atoms with Crippen LogP contribution in [-0.2, 0) is 0 Å². The van der Waals surface area contributed by atoms with Gasteiger partial charge < -0.3 is 9.88 Å². The van der Waals surface area contributed by atoms with Crippen molar-refractivity contribution in [1.82, 2.24) is 14.9 Å². The lowest BCUT2D eigenvalue weighted by Crippen LogP contribution is -2.31. The predicted molar refractivity (Wildman–Crippen MR) is 85.5 cm³/mol. The van der Waals surface area contributed by atoms with Crippen LogP contribution in [0.2, 0.25) is 0 Å². The minimum absolute atomic E-state index is 0.238. The van der Waals surface area contributed by atoms with Crippen LogP contribution in [0.15, 0.2) is 42.5 Å². The molecular weight excluding hydrogens is 312 g/mol. The van der Waals surface area contributed by atoms with Crippen LogP contribution in [-0.4, -0.2) is 27.3 Å². The zero-order chi connectivity index (χ0) is 16.7. The van der Waals surface area contributed by atoms with Gasteiger partial charge in [0.25, 0.3) is 5.91 Å². The first kappa shape index (κ1) is 14.8. The maximum Gasteiger partial charge on any atom is 0.257 e. The number of amides is 1. The summed E-state index contributed by atoms with van der Waals surface area (Å²) in [5.74, 6) is -1.16. The third-order valence-corrected chi connectivity index (χ3v) is 4.40. The highest BCUT2D eigenvalue weighted by molar-refractivity contribution is 5.95. The summed E-state index contributed by atoms with van der Waals surface area (Å²) in [6.45, 7) is 0.497. The monoisotopic (exact) mass is 327 g/mol. The first-order valence-electron chi connectivity index (χ1n) is 7.84. The molecule has 1 aliphatic heterocycles. The van der Waals surface area contributed by atoms with Gasteiger partial charge in [0.1, 0.15) is 17.5 Å². The summed E-state index contributed by atoms with van der Waals surface area (Å²) >= 11 is 0. The minimum atomic E-state index is -0.711. The van der Waals surface area contributed by atoms with Crippen molar-refractivity contribution in [2.45, 2.75) is 18.9 Å². The van der Waals surface area contributed by atoms with Gasteiger partial charge in [0, 0.05) is 6.54 Å². The minimum Gasteiger partial charge on any atom is -0.340 e. The van der Waals surface area contributed by atoms with E-state index in [-0.39, 0.29) is 11.6 Å². The Balaban J connectivity index is 1.69. The number of nitrogens with zero attached hydrogens (tertiary/aromatic N) is 2. The maximum absolute atomic E-state index is 13.9. The summed E-state index contributed by atoms with van der Waals surface area (Å²) in [6.07, 6.45) is 1.53. The Morgan fingerprint density at radius 2 is 2.04 bits per heavy atom. The van der Waals surface area contributed by atoms with E-state index < -0.39 is 17.5 Å². The molecule has 1 unspecified atom stereocenters. The van der Waals surface area contributed by atoms with Crippen molar-refractivity contribution in [1.29, 1.82) is 0 Å². The first-order chi connectivity index (χ1) is 11.6. The SMILES string of the molecule is O=C(c1cc(F)ccc1F)N1CCCC1c1nc2ccccc2[nH]1. The van der Waals surface area contributed by atoms with E-state index >= 15 is 0 Å². The smallest absolute Gasteiger partial charge is 0.257 e. The summed E-state index contributed by atoms with van der Waals surface area (Å²) < 4.78 is 27.3. The molecule has 1 N–H and O–H groups in total. The molecule has 3 aromatic rings. The van der Waals surface area contributed by atoms with Crippen LogP contribution in [0.1, 0.15) is 35.1 Å². The normalized spacial score (nSPS) is 17.6. The average molecular weight is 327 g/mol. The summed E-state index contributed by atoms with van der Waals surface area (Å²) in [5, 5.41) is 0. The number of rotatable bonds is 2. The van der Waals surface area contributed by atoms with Crippen LogP contribution in [0.5, 0.6) is 0 Å². The van der Waals surface area contributed by atoms with Gasteiger partial charge in [0.2, 0.25) is 0 Å². The van der Waals surface area contributed by atoms with E-state index in [0.717, 1.165) is 42.1 Å². The molecule has 0 spiro atoms. The van der Waals surface area contributed by atoms with Crippen LogP contribution >= 0.6 is 0 Å². The van der Waals surface area contributed by atoms with E-state index in [9.17, 15) is 13.6 Å². The van der Waals surface area contributed by atoms with E-state index in [1.807, 2.05) is 24.3 Å². The van der Waals surface area contributed by atoms with Crippen molar-refractivity contribution in [2.24, 2.45) is 0 Å². The number of aromatic nitrogens is 2. The van der Waals surface area contributed by atoms with Gasteiger partial charge >= 0.3 is 0 Å². The Morgan fingerprint density at radius 3 is 2.88 bits per heavy atom. The second kappa shape index (κ2) is 5.70. The van der Waals surface area contributed by atoms with Crippen molar-refractivity contribution in [3.8, 4) is 0 Å². The molecule has 1 aliphatic rings. The van der Waals surface area contributed by atoms with Gasteiger partial charge in [-0.05, 0) is 43.2 Å². The summed E-state index contributed by atoms with van der Waals surface area (Å²) in [5.41, 5.74) is 1.48. The number of hydrogen-bond acceptors (Lipinski definition) is 2. The highest BCUT2D eigenvalue weighted by Crippen LogP contribution is 2.33. The highest BCUT2D eigenvalue weighted by Gasteiger charge is 2.33. The largest absolute Gasteiger partial charge is 0.340 e. The molecule has 1 fully saturated rings. The fourth-order valence-corrected chi connectivity index (χ4v) is 3.24. The number of carbonyl (C=O) groups is 1. The second-order valence-electron chi connectivity index (χ2n) is 5.92. The lowest BCUT2D eigenvalue weighted by atomic mass is 10.1. The topological polar surface area (TPSA) is 49.0 Å². The van der Waals surface area contributed by atoms with E-state index in [4.69, 9.17) is 0 Å². The number of halogens is 2. The molecule has 0 saturated carbocycles. The molecule has 0 aliphatic carbocycles. The number of nitrogens with one attached hydrogen (secondary N) is 1. The highest BCUT2D eigenvalue weighted by atomic mass is 19.1. The number of imidazole rings is 1. The van der Waals surface area contributed by atoms with Crippen molar-refractivity contribution in [2.75, 3.05) is 6.54 Å². The number of hydrogen-bond donors (Lipinski definition) is 1. The van der Waals surface area contributed by atoms with Gasteiger partial charge in [-0.1, -0.05) is 12.1 Å². The van der Waals surface area contributed by atoms with Crippen LogP contribution < -0.4 is 0 Å². The van der Waals surface area contributed by atoms with Crippen molar-refractivity contribution >= 4 is 16.9 Å². The number of carbonyl (C=O) groups excluding carboxylic acids is 1. The fourth-order valence-electron chi connectivity index (χ4n) is 3.24. The molecule has 2 heterocycles. The molecule has 1 atom stereocenters. The zero-order valence-corrected chi connectivity index (χ0v) is 12.8. The number of likely N-dealkylation sites (tertiary alicyclic amines) is 1. The second-order valence-corrected chi connectivity index (χ2v) is 5.92. The van der Waals surface area contributed by atoms with E-state index in [1.54, 1.807) is 4.90 Å². The number of benzene rings is 2. The molecule has 24 heavy (non-hydrogen) atoms. The lowest BCUT2D eigenvalue weighted by molar-refractivity contribution is 0.0725. The van der Waals surface area contributed by atoms with Gasteiger partial charge in [-0.25, -0.2) is 13.8 Å². The zero-order valence-electron chi connectivity index (χ0n) is 12.8. The molecular formula is C18H15F2N3O. The van der Waals surface area contributed by atoms with Crippen LogP contribution in [0, 0.1) is 11.6 Å². The fraction of sp³-hybridized carbons (Fsp3) is 0.222. The maximum atomic E-state index is 13.9. The molecule has 0 bridgehead atoms. The van der Waals surface area contributed by atoms with E-state index in [1.165, 1.54) is 0 Å². The molecule has 4 rings (SSSR count). The Morgan fingerprint density at radius 1 is 1.21 bits per heavy atom. The number of fused-ring (bicyclic) bond motifs is 1. The van der Waals surface area contributed by atoms with Crippen LogP contribution in [0.3, 0.4) is 0 Å². The van der Waals surface area contributed by atoms with Gasteiger partial charge in [0.15, 0.2) is 0 Å². The van der Waals surface area contributed by atoms with Crippen LogP contribution in [0.4, 0.5) is 8.78 Å². The van der Waals surface area contributed by atoms with Gasteiger partial charge in [-0.3, -0.25) is 4.79 Å². The Bertz CT molecular complexity index is 889. The molecule has 6 heteroatoms. The average Bonchev–Trinajstić information content (AvgIpc) is 3.22. The Kier molecular flexibility index (Phi) is 3.52. The standard InChI is InChI=1S/C18H15F2N3O/c19-11-7-8-13(20)12(10-11)18(24)23-9-3-6-16(23)17-21-14-4-1-2-5-15(14)22-17/h1-2,4-5,7-8,10,16H,3,6,9H2,(H,21,22). The summed E-state index contributed by atoms with van der Waals surface area (Å²) in [4.78, 5) is 22.0. The van der Waals surface area contributed by atoms with E-state index in [2.05, 4.69) is 9.97 Å². The predicted octanol–water partition coefficient (Wildman–Crippen LogP) is 3.82. The Labute approximate surface area is 137 Å². The molecule has 4 nitrogen and oxygen atoms in total. The van der Waals surface area contributed by atoms with Gasteiger partial charge in [-0.15, -0.1) is 0 Å².